The van der Waals surface area contributed by atoms with Gasteiger partial charge in [-0.25, -0.2) is 13.4 Å². The zero-order valence-corrected chi connectivity index (χ0v) is 15.4. The van der Waals surface area contributed by atoms with Gasteiger partial charge in [-0.3, -0.25) is 9.52 Å². The number of anilines is 1. The first-order valence-corrected chi connectivity index (χ1v) is 9.88. The highest BCUT2D eigenvalue weighted by Crippen LogP contribution is 2.24. The van der Waals surface area contributed by atoms with Gasteiger partial charge in [0.05, 0.1) is 21.6 Å². The molecule has 0 atom stereocenters. The third-order valence-corrected chi connectivity index (χ3v) is 5.64. The van der Waals surface area contributed by atoms with Crippen LogP contribution >= 0.6 is 0 Å². The zero-order chi connectivity index (χ0) is 19.7. The maximum atomic E-state index is 12.7. The van der Waals surface area contributed by atoms with E-state index in [1.54, 1.807) is 42.5 Å². The minimum atomic E-state index is -3.77. The van der Waals surface area contributed by atoms with Crippen molar-refractivity contribution in [1.82, 2.24) is 9.97 Å². The highest BCUT2D eigenvalue weighted by molar-refractivity contribution is 7.92. The minimum absolute atomic E-state index is 0.0199. The molecule has 7 nitrogen and oxygen atoms in total. The Hall–Kier alpha value is -3.65. The molecule has 0 saturated heterocycles. The maximum absolute atomic E-state index is 12.7. The van der Waals surface area contributed by atoms with Crippen molar-refractivity contribution in [2.24, 2.45) is 5.73 Å². The Kier molecular flexibility index (Phi) is 4.32. The first kappa shape index (κ1) is 17.7. The number of amides is 1. The second kappa shape index (κ2) is 6.82. The molecule has 0 radical (unpaired) electrons. The predicted octanol–water partition coefficient (Wildman–Crippen LogP) is 3.13. The molecule has 0 fully saturated rings. The van der Waals surface area contributed by atoms with E-state index < -0.39 is 15.9 Å². The molecule has 0 saturated carbocycles. The third-order valence-electron chi connectivity index (χ3n) is 4.24. The average molecular weight is 392 g/mol. The first-order valence-electron chi connectivity index (χ1n) is 8.40. The number of rotatable bonds is 5. The molecule has 28 heavy (non-hydrogen) atoms. The van der Waals surface area contributed by atoms with Crippen LogP contribution in [0.5, 0.6) is 0 Å². The fraction of sp³-hybridized carbons (Fsp3) is 0. The number of sulfonamides is 1. The molecule has 4 rings (SSSR count). The minimum Gasteiger partial charge on any atom is -0.363 e. The van der Waals surface area contributed by atoms with Gasteiger partial charge < -0.3 is 10.7 Å². The van der Waals surface area contributed by atoms with E-state index >= 15 is 0 Å². The van der Waals surface area contributed by atoms with Crippen LogP contribution in [0.25, 0.3) is 22.2 Å². The van der Waals surface area contributed by atoms with Crippen LogP contribution in [0.3, 0.4) is 0 Å². The van der Waals surface area contributed by atoms with Gasteiger partial charge in [0.15, 0.2) is 5.82 Å². The number of carbonyl (C=O) groups excluding carboxylic acids is 1. The lowest BCUT2D eigenvalue weighted by molar-refractivity contribution is 0.0991. The SMILES string of the molecule is NC(=O)c1nc2ccc(NS(=O)(=O)c3ccc(-c4ccccc4)cc3)cc2[nH]1. The molecule has 1 aromatic heterocycles. The lowest BCUT2D eigenvalue weighted by atomic mass is 10.1. The normalized spacial score (nSPS) is 11.4. The summed E-state index contributed by atoms with van der Waals surface area (Å²) in [6.45, 7) is 0. The lowest BCUT2D eigenvalue weighted by Crippen LogP contribution is -2.12. The molecule has 3 aromatic carbocycles. The number of hydrogen-bond donors (Lipinski definition) is 3. The summed E-state index contributed by atoms with van der Waals surface area (Å²) in [5.74, 6) is -0.664. The summed E-state index contributed by atoms with van der Waals surface area (Å²) in [4.78, 5) is 18.2. The fourth-order valence-electron chi connectivity index (χ4n) is 2.86. The summed E-state index contributed by atoms with van der Waals surface area (Å²) in [6, 6.07) is 21.1. The monoisotopic (exact) mass is 392 g/mol. The van der Waals surface area contributed by atoms with Gasteiger partial charge >= 0.3 is 0 Å². The van der Waals surface area contributed by atoms with E-state index in [4.69, 9.17) is 5.73 Å². The molecule has 1 heterocycles. The predicted molar refractivity (Wildman–Crippen MR) is 107 cm³/mol. The van der Waals surface area contributed by atoms with Gasteiger partial charge in [-0.1, -0.05) is 42.5 Å². The molecule has 0 spiro atoms. The van der Waals surface area contributed by atoms with Crippen LogP contribution in [-0.2, 0) is 10.0 Å². The Bertz CT molecular complexity index is 1260. The van der Waals surface area contributed by atoms with E-state index in [9.17, 15) is 13.2 Å². The molecule has 4 aromatic rings. The molecule has 0 aliphatic heterocycles. The molecule has 4 N–H and O–H groups in total. The molecular weight excluding hydrogens is 376 g/mol. The Morgan fingerprint density at radius 3 is 2.29 bits per heavy atom. The lowest BCUT2D eigenvalue weighted by Gasteiger charge is -2.09. The largest absolute Gasteiger partial charge is 0.363 e. The van der Waals surface area contributed by atoms with Gasteiger partial charge in [0, 0.05) is 0 Å². The van der Waals surface area contributed by atoms with E-state index in [0.717, 1.165) is 11.1 Å². The summed E-state index contributed by atoms with van der Waals surface area (Å²) < 4.78 is 27.9. The Morgan fingerprint density at radius 2 is 1.61 bits per heavy atom. The van der Waals surface area contributed by atoms with Crippen molar-refractivity contribution in [3.05, 3.63) is 78.6 Å². The van der Waals surface area contributed by atoms with Crippen LogP contribution < -0.4 is 10.5 Å². The van der Waals surface area contributed by atoms with E-state index in [0.29, 0.717) is 16.7 Å². The first-order chi connectivity index (χ1) is 13.4. The molecule has 1 amide bonds. The molecule has 140 valence electrons. The Labute approximate surface area is 161 Å². The van der Waals surface area contributed by atoms with Crippen molar-refractivity contribution in [2.45, 2.75) is 4.90 Å². The van der Waals surface area contributed by atoms with Gasteiger partial charge in [-0.2, -0.15) is 0 Å². The number of nitrogens with zero attached hydrogens (tertiary/aromatic N) is 1. The number of nitrogens with one attached hydrogen (secondary N) is 2. The van der Waals surface area contributed by atoms with Gasteiger partial charge in [0.25, 0.3) is 15.9 Å². The molecule has 8 heteroatoms. The summed E-state index contributed by atoms with van der Waals surface area (Å²) >= 11 is 0. The average Bonchev–Trinajstić information content (AvgIpc) is 3.12. The van der Waals surface area contributed by atoms with Crippen molar-refractivity contribution in [3.63, 3.8) is 0 Å². The third kappa shape index (κ3) is 3.45. The van der Waals surface area contributed by atoms with Crippen molar-refractivity contribution in [2.75, 3.05) is 4.72 Å². The smallest absolute Gasteiger partial charge is 0.284 e. The number of fused-ring (bicyclic) bond motifs is 1. The van der Waals surface area contributed by atoms with Crippen LogP contribution in [0.1, 0.15) is 10.6 Å². The molecule has 0 aliphatic carbocycles. The van der Waals surface area contributed by atoms with Crippen LogP contribution in [0.2, 0.25) is 0 Å². The summed E-state index contributed by atoms with van der Waals surface area (Å²) in [6.07, 6.45) is 0. The highest BCUT2D eigenvalue weighted by atomic mass is 32.2. The number of aromatic nitrogens is 2. The van der Waals surface area contributed by atoms with Crippen molar-refractivity contribution in [1.29, 1.82) is 0 Å². The van der Waals surface area contributed by atoms with Gasteiger partial charge in [0.1, 0.15) is 0 Å². The fourth-order valence-corrected chi connectivity index (χ4v) is 3.91. The Balaban J connectivity index is 1.60. The summed E-state index contributed by atoms with van der Waals surface area (Å²) in [5, 5.41) is 0. The second-order valence-corrected chi connectivity index (χ2v) is 7.86. The van der Waals surface area contributed by atoms with Crippen molar-refractivity contribution >= 4 is 32.7 Å². The number of H-pyrrole nitrogens is 1. The quantitative estimate of drug-likeness (QED) is 0.483. The van der Waals surface area contributed by atoms with Crippen molar-refractivity contribution in [3.8, 4) is 11.1 Å². The number of carbonyl (C=O) groups is 1. The molecular formula is C20H16N4O3S. The maximum Gasteiger partial charge on any atom is 0.284 e. The number of imidazole rings is 1. The van der Waals surface area contributed by atoms with Crippen LogP contribution in [0.15, 0.2) is 77.7 Å². The zero-order valence-electron chi connectivity index (χ0n) is 14.6. The van der Waals surface area contributed by atoms with E-state index in [1.165, 1.54) is 0 Å². The van der Waals surface area contributed by atoms with Crippen LogP contribution in [0, 0.1) is 0 Å². The number of aromatic amines is 1. The summed E-state index contributed by atoms with van der Waals surface area (Å²) in [7, 11) is -3.77. The van der Waals surface area contributed by atoms with Gasteiger partial charge in [-0.05, 0) is 41.5 Å². The number of primary amides is 1. The topological polar surface area (TPSA) is 118 Å². The molecule has 0 aliphatic rings. The van der Waals surface area contributed by atoms with Gasteiger partial charge in [-0.15, -0.1) is 0 Å². The van der Waals surface area contributed by atoms with Crippen LogP contribution in [0.4, 0.5) is 5.69 Å². The van der Waals surface area contributed by atoms with E-state index in [1.807, 2.05) is 30.3 Å². The number of nitrogens with two attached hydrogens (primary N) is 1. The second-order valence-electron chi connectivity index (χ2n) is 6.18. The summed E-state index contributed by atoms with van der Waals surface area (Å²) in [5.41, 5.74) is 8.51. The van der Waals surface area contributed by atoms with Crippen molar-refractivity contribution < 1.29 is 13.2 Å². The van der Waals surface area contributed by atoms with E-state index in [2.05, 4.69) is 14.7 Å². The molecule has 0 bridgehead atoms. The van der Waals surface area contributed by atoms with Crippen LogP contribution in [-0.4, -0.2) is 24.3 Å². The number of benzene rings is 3. The highest BCUT2D eigenvalue weighted by Gasteiger charge is 2.15. The standard InChI is InChI=1S/C20H16N4O3S/c21-19(25)20-22-17-11-8-15(12-18(17)23-20)24-28(26,27)16-9-6-14(7-10-16)13-4-2-1-3-5-13/h1-12,24H,(H2,21,25)(H,22,23). The van der Waals surface area contributed by atoms with Gasteiger partial charge in [0.2, 0.25) is 0 Å². The number of hydrogen-bond acceptors (Lipinski definition) is 4. The van der Waals surface area contributed by atoms with E-state index in [-0.39, 0.29) is 10.7 Å². The Morgan fingerprint density at radius 1 is 0.929 bits per heavy atom. The molecule has 0 unspecified atom stereocenters.